The van der Waals surface area contributed by atoms with E-state index in [-0.39, 0.29) is 0 Å². The van der Waals surface area contributed by atoms with Crippen LogP contribution < -0.4 is 0 Å². The maximum absolute atomic E-state index is 6.35. The summed E-state index contributed by atoms with van der Waals surface area (Å²) in [5, 5.41) is 5.33. The second kappa shape index (κ2) is 9.24. The van der Waals surface area contributed by atoms with Gasteiger partial charge in [-0.15, -0.1) is 0 Å². The summed E-state index contributed by atoms with van der Waals surface area (Å²) in [7, 11) is 0. The van der Waals surface area contributed by atoms with E-state index in [1.54, 1.807) is 0 Å². The Morgan fingerprint density at radius 3 is 1.41 bits per heavy atom. The molecule has 0 radical (unpaired) electrons. The molecule has 2 unspecified atom stereocenters. The minimum absolute atomic E-state index is 0.422. The van der Waals surface area contributed by atoms with E-state index in [1.807, 2.05) is 0 Å². The van der Waals surface area contributed by atoms with Crippen molar-refractivity contribution in [1.82, 2.24) is 0 Å². The van der Waals surface area contributed by atoms with E-state index in [4.69, 9.17) is 4.74 Å². The van der Waals surface area contributed by atoms with E-state index in [0.717, 1.165) is 26.1 Å². The van der Waals surface area contributed by atoms with Gasteiger partial charge in [-0.05, 0) is 45.5 Å². The molecule has 0 amide bonds. The Kier molecular flexibility index (Phi) is 6.27. The van der Waals surface area contributed by atoms with Crippen LogP contribution in [0, 0.1) is 0 Å². The van der Waals surface area contributed by atoms with Crippen LogP contribution in [0.5, 0.6) is 0 Å². The van der Waals surface area contributed by atoms with Crippen LogP contribution >= 0.6 is 0 Å². The van der Waals surface area contributed by atoms with Crippen LogP contribution in [0.3, 0.4) is 0 Å². The van der Waals surface area contributed by atoms with Crippen LogP contribution in [0.1, 0.15) is 49.7 Å². The summed E-state index contributed by atoms with van der Waals surface area (Å²) < 4.78 is 6.35. The Labute approximate surface area is 174 Å². The molecule has 0 spiro atoms. The molecule has 1 nitrogen and oxygen atoms in total. The fraction of sp³-hybridized carbons (Fsp3) is 0.286. The smallest absolute Gasteiger partial charge is 0.0535 e. The van der Waals surface area contributed by atoms with Gasteiger partial charge in [-0.1, -0.05) is 98.8 Å². The van der Waals surface area contributed by atoms with Crippen molar-refractivity contribution < 1.29 is 4.74 Å². The third-order valence-electron chi connectivity index (χ3n) is 6.15. The van der Waals surface area contributed by atoms with Crippen molar-refractivity contribution in [3.63, 3.8) is 0 Å². The molecule has 29 heavy (non-hydrogen) atoms. The molecule has 2 atom stereocenters. The van der Waals surface area contributed by atoms with E-state index in [9.17, 15) is 0 Å². The molecular weight excluding hydrogens is 352 g/mol. The molecule has 0 saturated heterocycles. The van der Waals surface area contributed by atoms with Crippen LogP contribution in [0.25, 0.3) is 21.5 Å². The molecule has 0 saturated carbocycles. The lowest BCUT2D eigenvalue weighted by atomic mass is 9.91. The highest BCUT2D eigenvalue weighted by Crippen LogP contribution is 2.31. The number of hydrogen-bond acceptors (Lipinski definition) is 1. The monoisotopic (exact) mass is 382 g/mol. The summed E-state index contributed by atoms with van der Waals surface area (Å²) in [5.74, 6) is 0.845. The summed E-state index contributed by atoms with van der Waals surface area (Å²) in [6, 6.07) is 30.6. The minimum Gasteiger partial charge on any atom is -0.380 e. The molecule has 4 aromatic rings. The molecule has 0 heterocycles. The molecule has 0 N–H and O–H groups in total. The first-order valence-corrected chi connectivity index (χ1v) is 10.8. The average molecular weight is 383 g/mol. The zero-order valence-electron chi connectivity index (χ0n) is 17.5. The molecule has 0 aliphatic heterocycles. The van der Waals surface area contributed by atoms with Gasteiger partial charge in [0.05, 0.1) is 13.2 Å². The first kappa shape index (κ1) is 19.7. The molecule has 1 heteroatoms. The molecule has 0 aromatic heterocycles. The van der Waals surface area contributed by atoms with Gasteiger partial charge in [0.25, 0.3) is 0 Å². The molecule has 148 valence electrons. The van der Waals surface area contributed by atoms with Crippen molar-refractivity contribution in [2.24, 2.45) is 0 Å². The third-order valence-corrected chi connectivity index (χ3v) is 6.15. The fourth-order valence-corrected chi connectivity index (χ4v) is 4.42. The third kappa shape index (κ3) is 4.21. The van der Waals surface area contributed by atoms with Crippen molar-refractivity contribution in [2.75, 3.05) is 13.2 Å². The second-order valence-electron chi connectivity index (χ2n) is 7.88. The average Bonchev–Trinajstić information content (AvgIpc) is 2.79. The summed E-state index contributed by atoms with van der Waals surface area (Å²) in [6.45, 7) is 6.06. The molecule has 4 aromatic carbocycles. The molecule has 4 rings (SSSR count). The highest BCUT2D eigenvalue weighted by atomic mass is 16.5. The van der Waals surface area contributed by atoms with E-state index < -0.39 is 0 Å². The van der Waals surface area contributed by atoms with Crippen LogP contribution in [0.4, 0.5) is 0 Å². The SMILES string of the molecule is CCC(COCC(CC)c1cccc2ccccc12)c1cccc2ccccc12. The molecular formula is C28H30O. The molecule has 0 aliphatic rings. The van der Waals surface area contributed by atoms with E-state index in [2.05, 4.69) is 98.8 Å². The Hall–Kier alpha value is -2.64. The fourth-order valence-electron chi connectivity index (χ4n) is 4.42. The predicted octanol–water partition coefficient (Wildman–Crippen LogP) is 7.70. The number of hydrogen-bond donors (Lipinski definition) is 0. The maximum Gasteiger partial charge on any atom is 0.0535 e. The van der Waals surface area contributed by atoms with Gasteiger partial charge in [0.15, 0.2) is 0 Å². The highest BCUT2D eigenvalue weighted by Gasteiger charge is 2.16. The number of fused-ring (bicyclic) bond motifs is 2. The number of benzene rings is 4. The number of rotatable bonds is 8. The summed E-state index contributed by atoms with van der Waals surface area (Å²) >= 11 is 0. The van der Waals surface area contributed by atoms with Gasteiger partial charge in [0.1, 0.15) is 0 Å². The number of ether oxygens (including phenoxy) is 1. The van der Waals surface area contributed by atoms with Crippen LogP contribution in [0.2, 0.25) is 0 Å². The van der Waals surface area contributed by atoms with E-state index >= 15 is 0 Å². The summed E-state index contributed by atoms with van der Waals surface area (Å²) in [5.41, 5.74) is 2.81. The predicted molar refractivity (Wildman–Crippen MR) is 125 cm³/mol. The Balaban J connectivity index is 1.50. The van der Waals surface area contributed by atoms with Crippen LogP contribution in [-0.2, 0) is 4.74 Å². The van der Waals surface area contributed by atoms with E-state index in [1.165, 1.54) is 32.7 Å². The standard InChI is InChI=1S/C28H30O/c1-3-21(25-17-9-13-23-11-5-7-15-27(23)25)19-29-20-22(4-2)26-18-10-14-24-12-6-8-16-28(24)26/h5-18,21-22H,3-4,19-20H2,1-2H3. The first-order chi connectivity index (χ1) is 14.3. The lowest BCUT2D eigenvalue weighted by molar-refractivity contribution is 0.105. The molecule has 0 bridgehead atoms. The van der Waals surface area contributed by atoms with Gasteiger partial charge < -0.3 is 4.74 Å². The second-order valence-corrected chi connectivity index (χ2v) is 7.88. The Bertz CT molecular complexity index is 984. The van der Waals surface area contributed by atoms with Crippen LogP contribution in [-0.4, -0.2) is 13.2 Å². The zero-order chi connectivity index (χ0) is 20.1. The zero-order valence-corrected chi connectivity index (χ0v) is 17.5. The topological polar surface area (TPSA) is 9.23 Å². The van der Waals surface area contributed by atoms with Crippen molar-refractivity contribution in [3.05, 3.63) is 96.1 Å². The van der Waals surface area contributed by atoms with Crippen molar-refractivity contribution in [1.29, 1.82) is 0 Å². The minimum atomic E-state index is 0.422. The van der Waals surface area contributed by atoms with Gasteiger partial charge in [-0.3, -0.25) is 0 Å². The molecule has 0 fully saturated rings. The quantitative estimate of drug-likeness (QED) is 0.303. The van der Waals surface area contributed by atoms with Gasteiger partial charge in [0, 0.05) is 11.8 Å². The summed E-state index contributed by atoms with van der Waals surface area (Å²) in [6.07, 6.45) is 2.16. The van der Waals surface area contributed by atoms with Gasteiger partial charge in [-0.2, -0.15) is 0 Å². The van der Waals surface area contributed by atoms with Crippen LogP contribution in [0.15, 0.2) is 84.9 Å². The molecule has 0 aliphatic carbocycles. The van der Waals surface area contributed by atoms with Crippen molar-refractivity contribution in [2.45, 2.75) is 38.5 Å². The van der Waals surface area contributed by atoms with Gasteiger partial charge in [-0.25, -0.2) is 0 Å². The first-order valence-electron chi connectivity index (χ1n) is 10.8. The summed E-state index contributed by atoms with van der Waals surface area (Å²) in [4.78, 5) is 0. The van der Waals surface area contributed by atoms with Crippen molar-refractivity contribution in [3.8, 4) is 0 Å². The van der Waals surface area contributed by atoms with E-state index in [0.29, 0.717) is 11.8 Å². The van der Waals surface area contributed by atoms with Crippen molar-refractivity contribution >= 4 is 21.5 Å². The normalized spacial score (nSPS) is 13.6. The lowest BCUT2D eigenvalue weighted by Gasteiger charge is -2.22. The van der Waals surface area contributed by atoms with Gasteiger partial charge >= 0.3 is 0 Å². The lowest BCUT2D eigenvalue weighted by Crippen LogP contribution is -2.13. The van der Waals surface area contributed by atoms with Gasteiger partial charge in [0.2, 0.25) is 0 Å². The Morgan fingerprint density at radius 1 is 0.552 bits per heavy atom. The largest absolute Gasteiger partial charge is 0.380 e. The Morgan fingerprint density at radius 2 is 0.966 bits per heavy atom. The maximum atomic E-state index is 6.35. The highest BCUT2D eigenvalue weighted by molar-refractivity contribution is 5.87.